The van der Waals surface area contributed by atoms with E-state index in [1.165, 1.54) is 4.90 Å². The molecule has 3 rings (SSSR count). The fourth-order valence-electron chi connectivity index (χ4n) is 2.73. The molecular formula is C22H22ClNO4S. The SMILES string of the molecule is CC[C@@H](C)Oc1ccc(/C=C2\SC(=O)N(Cc3ccc(Cl)cc3)C2=O)cc1OC. The standard InChI is InChI=1S/C22H22ClNO4S/c1-4-14(2)28-18-10-7-16(11-19(18)27-3)12-20-21(25)24(22(26)29-20)13-15-5-8-17(23)9-6-15/h5-12,14H,4,13H2,1-3H3/b20-12-/t14-/m1/s1. The average Bonchev–Trinajstić information content (AvgIpc) is 2.97. The minimum absolute atomic E-state index is 0.0686. The maximum absolute atomic E-state index is 12.7. The Morgan fingerprint density at radius 2 is 1.86 bits per heavy atom. The van der Waals surface area contributed by atoms with Gasteiger partial charge in [-0.25, -0.2) is 0 Å². The third kappa shape index (κ3) is 5.14. The summed E-state index contributed by atoms with van der Waals surface area (Å²) in [6.45, 7) is 4.25. The first-order valence-corrected chi connectivity index (χ1v) is 10.4. The number of imide groups is 1. The molecule has 7 heteroatoms. The van der Waals surface area contributed by atoms with Gasteiger partial charge in [0, 0.05) is 5.02 Å². The van der Waals surface area contributed by atoms with E-state index in [1.54, 1.807) is 43.5 Å². The van der Waals surface area contributed by atoms with E-state index in [9.17, 15) is 9.59 Å². The normalized spacial score (nSPS) is 16.4. The van der Waals surface area contributed by atoms with Gasteiger partial charge in [0.25, 0.3) is 11.1 Å². The van der Waals surface area contributed by atoms with Crippen LogP contribution in [0.15, 0.2) is 47.4 Å². The number of hydrogen-bond donors (Lipinski definition) is 0. The molecule has 1 heterocycles. The second kappa shape index (κ2) is 9.37. The number of thioether (sulfide) groups is 1. The Kier molecular flexibility index (Phi) is 6.87. The summed E-state index contributed by atoms with van der Waals surface area (Å²) < 4.78 is 11.3. The Morgan fingerprint density at radius 3 is 2.52 bits per heavy atom. The number of amides is 2. The van der Waals surface area contributed by atoms with Crippen LogP contribution >= 0.6 is 23.4 Å². The molecule has 0 aromatic heterocycles. The fourth-order valence-corrected chi connectivity index (χ4v) is 3.70. The van der Waals surface area contributed by atoms with Crippen molar-refractivity contribution in [3.63, 3.8) is 0 Å². The van der Waals surface area contributed by atoms with Gasteiger partial charge in [-0.1, -0.05) is 36.7 Å². The summed E-state index contributed by atoms with van der Waals surface area (Å²) in [6.07, 6.45) is 2.65. The fraction of sp³-hybridized carbons (Fsp3) is 0.273. The highest BCUT2D eigenvalue weighted by atomic mass is 35.5. The summed E-state index contributed by atoms with van der Waals surface area (Å²) in [5.74, 6) is 0.920. The zero-order chi connectivity index (χ0) is 21.0. The summed E-state index contributed by atoms with van der Waals surface area (Å²) >= 11 is 6.82. The van der Waals surface area contributed by atoms with Gasteiger partial charge in [0.05, 0.1) is 24.7 Å². The van der Waals surface area contributed by atoms with E-state index in [0.29, 0.717) is 21.4 Å². The van der Waals surface area contributed by atoms with Gasteiger partial charge in [-0.3, -0.25) is 14.5 Å². The molecule has 2 aromatic rings. The summed E-state index contributed by atoms with van der Waals surface area (Å²) in [5.41, 5.74) is 1.60. The number of methoxy groups -OCH3 is 1. The number of rotatable bonds is 7. The van der Waals surface area contributed by atoms with Gasteiger partial charge in [0.2, 0.25) is 0 Å². The number of halogens is 1. The van der Waals surface area contributed by atoms with Crippen molar-refractivity contribution in [2.45, 2.75) is 32.9 Å². The Bertz CT molecular complexity index is 942. The molecule has 1 fully saturated rings. The zero-order valence-corrected chi connectivity index (χ0v) is 18.0. The van der Waals surface area contributed by atoms with Crippen LogP contribution in [-0.4, -0.2) is 29.3 Å². The third-order valence-corrected chi connectivity index (χ3v) is 5.68. The van der Waals surface area contributed by atoms with Crippen LogP contribution in [0.3, 0.4) is 0 Å². The number of nitrogens with zero attached hydrogens (tertiary/aromatic N) is 1. The first-order valence-electron chi connectivity index (χ1n) is 9.25. The average molecular weight is 432 g/mol. The molecule has 0 radical (unpaired) electrons. The molecule has 0 aliphatic carbocycles. The molecule has 0 saturated carbocycles. The van der Waals surface area contributed by atoms with Crippen molar-refractivity contribution in [2.24, 2.45) is 0 Å². The van der Waals surface area contributed by atoms with E-state index >= 15 is 0 Å². The Labute approximate surface area is 179 Å². The van der Waals surface area contributed by atoms with Crippen LogP contribution in [0, 0.1) is 0 Å². The molecule has 29 heavy (non-hydrogen) atoms. The van der Waals surface area contributed by atoms with Crippen molar-refractivity contribution in [3.05, 3.63) is 63.5 Å². The lowest BCUT2D eigenvalue weighted by Gasteiger charge is -2.15. The molecule has 0 unspecified atom stereocenters. The molecule has 1 aliphatic heterocycles. The van der Waals surface area contributed by atoms with Crippen LogP contribution in [0.25, 0.3) is 6.08 Å². The van der Waals surface area contributed by atoms with Crippen molar-refractivity contribution in [2.75, 3.05) is 7.11 Å². The van der Waals surface area contributed by atoms with Gasteiger partial charge in [-0.15, -0.1) is 0 Å². The van der Waals surface area contributed by atoms with E-state index in [1.807, 2.05) is 26.0 Å². The van der Waals surface area contributed by atoms with E-state index in [4.69, 9.17) is 21.1 Å². The van der Waals surface area contributed by atoms with Crippen LogP contribution < -0.4 is 9.47 Å². The highest BCUT2D eigenvalue weighted by Gasteiger charge is 2.35. The van der Waals surface area contributed by atoms with Crippen molar-refractivity contribution in [3.8, 4) is 11.5 Å². The lowest BCUT2D eigenvalue weighted by molar-refractivity contribution is -0.123. The molecule has 0 N–H and O–H groups in total. The molecular weight excluding hydrogens is 410 g/mol. The summed E-state index contributed by atoms with van der Waals surface area (Å²) in [4.78, 5) is 26.7. The van der Waals surface area contributed by atoms with Crippen LogP contribution in [-0.2, 0) is 11.3 Å². The monoisotopic (exact) mass is 431 g/mol. The third-order valence-electron chi connectivity index (χ3n) is 4.52. The molecule has 1 atom stereocenters. The lowest BCUT2D eigenvalue weighted by Crippen LogP contribution is -2.27. The summed E-state index contributed by atoms with van der Waals surface area (Å²) in [6, 6.07) is 12.5. The molecule has 2 amide bonds. The van der Waals surface area contributed by atoms with Crippen LogP contribution in [0.4, 0.5) is 4.79 Å². The Hall–Kier alpha value is -2.44. The highest BCUT2D eigenvalue weighted by molar-refractivity contribution is 8.18. The van der Waals surface area contributed by atoms with Crippen molar-refractivity contribution in [1.29, 1.82) is 0 Å². The first kappa shape index (κ1) is 21.3. The van der Waals surface area contributed by atoms with Crippen LogP contribution in [0.5, 0.6) is 11.5 Å². The second-order valence-corrected chi connectivity index (χ2v) is 8.07. The summed E-state index contributed by atoms with van der Waals surface area (Å²) in [5, 5.41) is 0.317. The molecule has 2 aromatic carbocycles. The van der Waals surface area contributed by atoms with Gasteiger partial charge < -0.3 is 9.47 Å². The highest BCUT2D eigenvalue weighted by Crippen LogP contribution is 2.35. The van der Waals surface area contributed by atoms with Gasteiger partial charge >= 0.3 is 0 Å². The quantitative estimate of drug-likeness (QED) is 0.521. The number of ether oxygens (including phenoxy) is 2. The molecule has 152 valence electrons. The smallest absolute Gasteiger partial charge is 0.293 e. The summed E-state index contributed by atoms with van der Waals surface area (Å²) in [7, 11) is 1.57. The van der Waals surface area contributed by atoms with E-state index < -0.39 is 0 Å². The van der Waals surface area contributed by atoms with Crippen LogP contribution in [0.1, 0.15) is 31.4 Å². The van der Waals surface area contributed by atoms with Crippen LogP contribution in [0.2, 0.25) is 5.02 Å². The number of hydrogen-bond acceptors (Lipinski definition) is 5. The van der Waals surface area contributed by atoms with E-state index in [0.717, 1.165) is 29.3 Å². The number of benzene rings is 2. The van der Waals surface area contributed by atoms with Gasteiger partial charge in [-0.05, 0) is 66.6 Å². The van der Waals surface area contributed by atoms with Gasteiger partial charge in [-0.2, -0.15) is 0 Å². The minimum atomic E-state index is -0.311. The Morgan fingerprint density at radius 1 is 1.14 bits per heavy atom. The number of carbonyl (C=O) groups excluding carboxylic acids is 2. The van der Waals surface area contributed by atoms with Crippen molar-refractivity contribution < 1.29 is 19.1 Å². The first-order chi connectivity index (χ1) is 13.9. The zero-order valence-electron chi connectivity index (χ0n) is 16.5. The predicted octanol–water partition coefficient (Wildman–Crippen LogP) is 5.76. The predicted molar refractivity (Wildman–Crippen MR) is 116 cm³/mol. The van der Waals surface area contributed by atoms with E-state index in [2.05, 4.69) is 0 Å². The van der Waals surface area contributed by atoms with Gasteiger partial charge in [0.15, 0.2) is 11.5 Å². The minimum Gasteiger partial charge on any atom is -0.493 e. The van der Waals surface area contributed by atoms with Gasteiger partial charge in [0.1, 0.15) is 0 Å². The topological polar surface area (TPSA) is 55.8 Å². The molecule has 0 bridgehead atoms. The second-order valence-electron chi connectivity index (χ2n) is 6.64. The molecule has 1 aliphatic rings. The van der Waals surface area contributed by atoms with E-state index in [-0.39, 0.29) is 23.8 Å². The molecule has 5 nitrogen and oxygen atoms in total. The van der Waals surface area contributed by atoms with Crippen molar-refractivity contribution >= 4 is 40.6 Å². The lowest BCUT2D eigenvalue weighted by atomic mass is 10.1. The Balaban J connectivity index is 1.79. The number of carbonyl (C=O) groups is 2. The van der Waals surface area contributed by atoms with Crippen molar-refractivity contribution in [1.82, 2.24) is 4.90 Å². The molecule has 0 spiro atoms. The maximum Gasteiger partial charge on any atom is 0.293 e. The maximum atomic E-state index is 12.7. The molecule has 1 saturated heterocycles. The largest absolute Gasteiger partial charge is 0.493 e.